The molecule has 14 heteroatoms. The summed E-state index contributed by atoms with van der Waals surface area (Å²) in [6.45, 7) is 8.76. The Morgan fingerprint density at radius 1 is 0.532 bits per heavy atom. The summed E-state index contributed by atoms with van der Waals surface area (Å²) in [7, 11) is 0. The van der Waals surface area contributed by atoms with Crippen LogP contribution in [-0.2, 0) is 38.0 Å². The molecule has 4 N–H and O–H groups in total. The molecular formula is C48H76N4O10. The van der Waals surface area contributed by atoms with Crippen molar-refractivity contribution in [3.05, 3.63) is 23.3 Å². The summed E-state index contributed by atoms with van der Waals surface area (Å²) in [5, 5.41) is 13.0. The maximum absolute atomic E-state index is 13.2. The molecule has 10 atom stereocenters. The van der Waals surface area contributed by atoms with E-state index in [4.69, 9.17) is 28.4 Å². The number of hydrogen-bond acceptors (Lipinski definition) is 12. The molecule has 0 radical (unpaired) electrons. The first-order valence-electron chi connectivity index (χ1n) is 24.5. The molecule has 5 saturated heterocycles. The number of allylic oxidation sites excluding steroid dienone is 2. The van der Waals surface area contributed by atoms with E-state index in [2.05, 4.69) is 47.3 Å². The quantitative estimate of drug-likeness (QED) is 0.0855. The predicted octanol–water partition coefficient (Wildman–Crippen LogP) is 6.94. The lowest BCUT2D eigenvalue weighted by Gasteiger charge is -2.23. The van der Waals surface area contributed by atoms with Gasteiger partial charge in [0.2, 0.25) is 0 Å². The van der Waals surface area contributed by atoms with Crippen molar-refractivity contribution in [2.24, 2.45) is 23.7 Å². The summed E-state index contributed by atoms with van der Waals surface area (Å²) < 4.78 is 35.8. The van der Waals surface area contributed by atoms with Crippen LogP contribution in [0.1, 0.15) is 142 Å². The van der Waals surface area contributed by atoms with Gasteiger partial charge in [-0.3, -0.25) is 9.59 Å². The third-order valence-corrected chi connectivity index (χ3v) is 14.8. The lowest BCUT2D eigenvalue weighted by atomic mass is 9.80. The van der Waals surface area contributed by atoms with E-state index in [9.17, 15) is 19.2 Å². The van der Waals surface area contributed by atoms with Crippen LogP contribution in [0.25, 0.3) is 0 Å². The zero-order chi connectivity index (χ0) is 43.4. The van der Waals surface area contributed by atoms with Crippen molar-refractivity contribution in [3.63, 3.8) is 0 Å². The molecule has 0 aromatic rings. The zero-order valence-electron chi connectivity index (χ0n) is 37.7. The number of esters is 2. The lowest BCUT2D eigenvalue weighted by Crippen LogP contribution is -2.35. The van der Waals surface area contributed by atoms with Crippen molar-refractivity contribution in [1.82, 2.24) is 21.3 Å². The Morgan fingerprint density at radius 2 is 0.919 bits per heavy atom. The minimum atomic E-state index is -0.400. The van der Waals surface area contributed by atoms with E-state index in [1.165, 1.54) is 0 Å². The van der Waals surface area contributed by atoms with Crippen LogP contribution in [0, 0.1) is 23.7 Å². The summed E-state index contributed by atoms with van der Waals surface area (Å²) in [5.74, 6) is -0.611. The van der Waals surface area contributed by atoms with Gasteiger partial charge in [0.15, 0.2) is 0 Å². The van der Waals surface area contributed by atoms with Crippen LogP contribution in [0.2, 0.25) is 0 Å². The van der Waals surface area contributed by atoms with Crippen molar-refractivity contribution in [1.29, 1.82) is 0 Å². The van der Waals surface area contributed by atoms with Gasteiger partial charge in [-0.1, -0.05) is 63.5 Å². The molecule has 2 amide bonds. The standard InChI is InChI=1S/C48H76N4O10/c1-47-23-15-17-33-19-21-35-37(43(53)59-39(35)41(47)61-47)29-49-25-11-7-3-4-8-12-26-50-30-38-36-22-20-34(18-16-24-48(2)42(62-48)40(36)60-44(38)54)32-58-46(56)52-28-14-10-6-5-9-13-27-51-45(55)57-31-33/h17-18,35-42,49-50H,3-16,19-32H2,1-2H3,(H,51,55)(H,52,56)/b33-17+,34-18+/t35-,36-,37-,38-,39-,40-,41-,42-,47+,48+/m0/s1. The number of epoxide rings is 2. The van der Waals surface area contributed by atoms with E-state index < -0.39 is 12.2 Å². The van der Waals surface area contributed by atoms with Gasteiger partial charge in [-0.05, 0) is 115 Å². The molecule has 5 fully saturated rings. The average molecular weight is 869 g/mol. The van der Waals surface area contributed by atoms with E-state index in [1.54, 1.807) is 0 Å². The van der Waals surface area contributed by atoms with E-state index in [1.807, 2.05) is 0 Å². The number of fused-ring (bicyclic) bond motifs is 8. The number of carbonyl (C=O) groups is 4. The second kappa shape index (κ2) is 22.6. The Labute approximate surface area is 369 Å². The van der Waals surface area contributed by atoms with Crippen molar-refractivity contribution in [2.45, 2.75) is 178 Å². The first-order valence-corrected chi connectivity index (χ1v) is 24.5. The minimum Gasteiger partial charge on any atom is -0.459 e. The maximum atomic E-state index is 13.2. The van der Waals surface area contributed by atoms with Crippen LogP contribution in [0.15, 0.2) is 23.3 Å². The monoisotopic (exact) mass is 869 g/mol. The highest BCUT2D eigenvalue weighted by atomic mass is 16.7. The van der Waals surface area contributed by atoms with Crippen LogP contribution in [0.5, 0.6) is 0 Å². The normalized spacial score (nSPS) is 40.0. The molecule has 0 aromatic heterocycles. The highest BCUT2D eigenvalue weighted by Crippen LogP contribution is 2.51. The number of rotatable bonds is 0. The summed E-state index contributed by atoms with van der Waals surface area (Å²) >= 11 is 0. The van der Waals surface area contributed by atoms with Crippen LogP contribution in [0.3, 0.4) is 0 Å². The number of hydrogen-bond donors (Lipinski definition) is 4. The van der Waals surface area contributed by atoms with Crippen molar-refractivity contribution < 1.29 is 47.6 Å². The largest absolute Gasteiger partial charge is 0.459 e. The molecule has 5 aliphatic heterocycles. The topological polar surface area (TPSA) is 178 Å². The Balaban J connectivity index is 0.893. The van der Waals surface area contributed by atoms with E-state index in [-0.39, 0.29) is 84.4 Å². The third-order valence-electron chi connectivity index (χ3n) is 14.8. The fourth-order valence-corrected chi connectivity index (χ4v) is 10.7. The molecule has 0 aromatic carbocycles. The predicted molar refractivity (Wildman–Crippen MR) is 233 cm³/mol. The van der Waals surface area contributed by atoms with Gasteiger partial charge in [0, 0.05) is 38.0 Å². The second-order valence-electron chi connectivity index (χ2n) is 19.6. The van der Waals surface area contributed by atoms with E-state index in [0.717, 1.165) is 153 Å². The number of nitrogens with one attached hydrogen (secondary N) is 4. The molecule has 5 heterocycles. The fraction of sp³-hybridized carbons (Fsp3) is 0.833. The molecule has 0 spiro atoms. The highest BCUT2D eigenvalue weighted by Gasteiger charge is 2.63. The Kier molecular flexibility index (Phi) is 17.1. The van der Waals surface area contributed by atoms with Gasteiger partial charge in [-0.15, -0.1) is 0 Å². The van der Waals surface area contributed by atoms with Crippen LogP contribution >= 0.6 is 0 Å². The Bertz CT molecular complexity index is 1480. The molecule has 348 valence electrons. The van der Waals surface area contributed by atoms with Crippen molar-refractivity contribution in [3.8, 4) is 0 Å². The van der Waals surface area contributed by atoms with E-state index >= 15 is 0 Å². The fourth-order valence-electron chi connectivity index (χ4n) is 10.7. The summed E-state index contributed by atoms with van der Waals surface area (Å²) in [4.78, 5) is 51.7. The molecule has 4 bridgehead atoms. The Hall–Kier alpha value is -3.20. The van der Waals surface area contributed by atoms with Gasteiger partial charge in [-0.25, -0.2) is 9.59 Å². The van der Waals surface area contributed by atoms with Gasteiger partial charge in [0.05, 0.1) is 23.0 Å². The number of carbonyl (C=O) groups excluding carboxylic acids is 4. The Morgan fingerprint density at radius 3 is 1.34 bits per heavy atom. The SMILES string of the molecule is C[C@@]12CC/C=C3\CC[C@@H]4[C@H](OC(=O)[C@H]4CNCCCCCCCCNC[C@@H]4C(=O)O[C@H]5[C@H]4CC/C(=C\CC[C@@]4(C)O[C@@H]54)COC(=O)NCCCCCCCCNC(=O)OC3)[C@@H]1O2. The average Bonchev–Trinajstić information content (AvgIpc) is 4.05. The number of amides is 2. The highest BCUT2D eigenvalue weighted by molar-refractivity contribution is 5.76. The van der Waals surface area contributed by atoms with Crippen LogP contribution < -0.4 is 21.3 Å². The molecule has 7 aliphatic rings. The third kappa shape index (κ3) is 13.0. The van der Waals surface area contributed by atoms with Crippen molar-refractivity contribution >= 4 is 24.1 Å². The molecule has 0 unspecified atom stereocenters. The smallest absolute Gasteiger partial charge is 0.407 e. The van der Waals surface area contributed by atoms with Gasteiger partial charge < -0.3 is 49.7 Å². The molecule has 14 nitrogen and oxygen atoms in total. The number of ether oxygens (including phenoxy) is 6. The second-order valence-corrected chi connectivity index (χ2v) is 19.6. The molecular weight excluding hydrogens is 793 g/mol. The molecule has 7 rings (SSSR count). The number of cyclic esters (lactones) is 2. The maximum Gasteiger partial charge on any atom is 0.407 e. The summed E-state index contributed by atoms with van der Waals surface area (Å²) in [6, 6.07) is 0. The summed E-state index contributed by atoms with van der Waals surface area (Å²) in [6.07, 6.45) is 21.9. The molecule has 0 saturated carbocycles. The van der Waals surface area contributed by atoms with E-state index in [0.29, 0.717) is 26.2 Å². The van der Waals surface area contributed by atoms with Gasteiger partial charge >= 0.3 is 24.1 Å². The van der Waals surface area contributed by atoms with Crippen molar-refractivity contribution in [2.75, 3.05) is 52.5 Å². The minimum absolute atomic E-state index is 0.0454. The molecule has 2 aliphatic carbocycles. The first-order chi connectivity index (χ1) is 30.1. The van der Waals surface area contributed by atoms with Gasteiger partial charge in [0.25, 0.3) is 0 Å². The summed E-state index contributed by atoms with van der Waals surface area (Å²) in [5.41, 5.74) is 1.57. The number of alkyl carbamates (subject to hydrolysis) is 2. The molecule has 62 heavy (non-hydrogen) atoms. The zero-order valence-corrected chi connectivity index (χ0v) is 37.7. The van der Waals surface area contributed by atoms with Crippen LogP contribution in [0.4, 0.5) is 9.59 Å². The van der Waals surface area contributed by atoms with Gasteiger partial charge in [-0.2, -0.15) is 0 Å². The lowest BCUT2D eigenvalue weighted by molar-refractivity contribution is -0.145. The first kappa shape index (κ1) is 46.8. The van der Waals surface area contributed by atoms with Crippen LogP contribution in [-0.4, -0.2) is 112 Å². The van der Waals surface area contributed by atoms with Gasteiger partial charge in [0.1, 0.15) is 37.6 Å².